The number of unbranched alkanes of at least 4 members (excludes halogenated alkanes) is 2. The Morgan fingerprint density at radius 2 is 1.96 bits per heavy atom. The fraction of sp³-hybridized carbons (Fsp3) is 0.421. The maximum atomic E-state index is 12.4. The van der Waals surface area contributed by atoms with Gasteiger partial charge in [0.1, 0.15) is 17.3 Å². The number of carbonyl (C=O) groups is 1. The van der Waals surface area contributed by atoms with Gasteiger partial charge in [-0.2, -0.15) is 0 Å². The molecule has 0 saturated heterocycles. The minimum atomic E-state index is -0.182. The van der Waals surface area contributed by atoms with Gasteiger partial charge in [0.25, 0.3) is 5.91 Å². The molecule has 1 heterocycles. The molecule has 2 N–H and O–H groups in total. The summed E-state index contributed by atoms with van der Waals surface area (Å²) in [6.45, 7) is 7.35. The standard InChI is InChI=1S/C19H26N4O/c1-4-5-6-10-20-18-12-17(22-15(3)23-18)19(24)21-13-16-9-7-8-14(2)11-16/h7-9,11-12H,4-6,10,13H2,1-3H3,(H,21,24)(H,20,22,23). The predicted molar refractivity (Wildman–Crippen MR) is 97.1 cm³/mol. The molecule has 0 saturated carbocycles. The highest BCUT2D eigenvalue weighted by molar-refractivity contribution is 5.92. The van der Waals surface area contributed by atoms with Crippen LogP contribution in [-0.2, 0) is 6.54 Å². The van der Waals surface area contributed by atoms with Crippen LogP contribution < -0.4 is 10.6 Å². The normalized spacial score (nSPS) is 10.5. The molecular weight excluding hydrogens is 300 g/mol. The number of aryl methyl sites for hydroxylation is 2. The summed E-state index contributed by atoms with van der Waals surface area (Å²) in [7, 11) is 0. The zero-order valence-electron chi connectivity index (χ0n) is 14.7. The molecule has 24 heavy (non-hydrogen) atoms. The van der Waals surface area contributed by atoms with Gasteiger partial charge in [-0.25, -0.2) is 9.97 Å². The summed E-state index contributed by atoms with van der Waals surface area (Å²) in [5.74, 6) is 1.12. The molecule has 0 aliphatic carbocycles. The van der Waals surface area contributed by atoms with Crippen molar-refractivity contribution < 1.29 is 4.79 Å². The van der Waals surface area contributed by atoms with Gasteiger partial charge in [-0.05, 0) is 25.8 Å². The Hall–Kier alpha value is -2.43. The molecule has 1 aromatic heterocycles. The number of anilines is 1. The van der Waals surface area contributed by atoms with E-state index in [0.29, 0.717) is 23.9 Å². The Morgan fingerprint density at radius 3 is 2.71 bits per heavy atom. The summed E-state index contributed by atoms with van der Waals surface area (Å²) in [6.07, 6.45) is 3.45. The number of hydrogen-bond donors (Lipinski definition) is 2. The number of benzene rings is 1. The summed E-state index contributed by atoms with van der Waals surface area (Å²) in [6, 6.07) is 9.80. The molecule has 2 rings (SSSR count). The monoisotopic (exact) mass is 326 g/mol. The van der Waals surface area contributed by atoms with E-state index in [0.717, 1.165) is 18.5 Å². The maximum Gasteiger partial charge on any atom is 0.270 e. The molecule has 0 aliphatic rings. The highest BCUT2D eigenvalue weighted by Crippen LogP contribution is 2.09. The van der Waals surface area contributed by atoms with Crippen molar-refractivity contribution in [2.45, 2.75) is 46.6 Å². The number of hydrogen-bond acceptors (Lipinski definition) is 4. The molecule has 0 atom stereocenters. The second-order valence-corrected chi connectivity index (χ2v) is 5.99. The SMILES string of the molecule is CCCCCNc1cc(C(=O)NCc2cccc(C)c2)nc(C)n1. The van der Waals surface area contributed by atoms with Crippen molar-refractivity contribution in [1.29, 1.82) is 0 Å². The average Bonchev–Trinajstić information content (AvgIpc) is 2.56. The fourth-order valence-electron chi connectivity index (χ4n) is 2.46. The number of nitrogens with one attached hydrogen (secondary N) is 2. The Balaban J connectivity index is 1.96. The van der Waals surface area contributed by atoms with E-state index in [9.17, 15) is 4.79 Å². The summed E-state index contributed by atoms with van der Waals surface area (Å²) in [4.78, 5) is 20.9. The predicted octanol–water partition coefficient (Wildman–Crippen LogP) is 3.63. The molecule has 1 amide bonds. The van der Waals surface area contributed by atoms with Crippen LogP contribution in [-0.4, -0.2) is 22.4 Å². The summed E-state index contributed by atoms with van der Waals surface area (Å²) >= 11 is 0. The van der Waals surface area contributed by atoms with E-state index in [1.54, 1.807) is 13.0 Å². The second kappa shape index (κ2) is 9.01. The number of nitrogens with zero attached hydrogens (tertiary/aromatic N) is 2. The summed E-state index contributed by atoms with van der Waals surface area (Å²) in [5, 5.41) is 6.18. The fourth-order valence-corrected chi connectivity index (χ4v) is 2.46. The lowest BCUT2D eigenvalue weighted by Gasteiger charge is -2.09. The van der Waals surface area contributed by atoms with Crippen molar-refractivity contribution in [3.8, 4) is 0 Å². The van der Waals surface area contributed by atoms with Crippen LogP contribution in [0.15, 0.2) is 30.3 Å². The van der Waals surface area contributed by atoms with Crippen LogP contribution in [0.4, 0.5) is 5.82 Å². The lowest BCUT2D eigenvalue weighted by molar-refractivity contribution is 0.0945. The van der Waals surface area contributed by atoms with E-state index in [1.807, 2.05) is 25.1 Å². The average molecular weight is 326 g/mol. The molecular formula is C19H26N4O. The molecule has 0 bridgehead atoms. The summed E-state index contributed by atoms with van der Waals surface area (Å²) < 4.78 is 0. The molecule has 0 fully saturated rings. The van der Waals surface area contributed by atoms with E-state index >= 15 is 0 Å². The topological polar surface area (TPSA) is 66.9 Å². The van der Waals surface area contributed by atoms with Gasteiger partial charge in [0.2, 0.25) is 0 Å². The number of aromatic nitrogens is 2. The van der Waals surface area contributed by atoms with Gasteiger partial charge in [0, 0.05) is 19.2 Å². The van der Waals surface area contributed by atoms with E-state index in [1.165, 1.54) is 18.4 Å². The Labute approximate surface area is 143 Å². The van der Waals surface area contributed by atoms with Crippen molar-refractivity contribution in [1.82, 2.24) is 15.3 Å². The van der Waals surface area contributed by atoms with Gasteiger partial charge in [-0.1, -0.05) is 49.6 Å². The first-order valence-electron chi connectivity index (χ1n) is 8.52. The van der Waals surface area contributed by atoms with Gasteiger partial charge in [-0.3, -0.25) is 4.79 Å². The van der Waals surface area contributed by atoms with E-state index in [-0.39, 0.29) is 5.91 Å². The maximum absolute atomic E-state index is 12.4. The van der Waals surface area contributed by atoms with Crippen LogP contribution in [0.1, 0.15) is 53.6 Å². The first kappa shape index (κ1) is 17.9. The number of amides is 1. The van der Waals surface area contributed by atoms with Crippen molar-refractivity contribution >= 4 is 11.7 Å². The zero-order chi connectivity index (χ0) is 17.4. The minimum absolute atomic E-state index is 0.182. The lowest BCUT2D eigenvalue weighted by atomic mass is 10.1. The van der Waals surface area contributed by atoms with Crippen LogP contribution in [0.2, 0.25) is 0 Å². The Morgan fingerprint density at radius 1 is 1.12 bits per heavy atom. The highest BCUT2D eigenvalue weighted by Gasteiger charge is 2.10. The smallest absolute Gasteiger partial charge is 0.270 e. The molecule has 5 nitrogen and oxygen atoms in total. The summed E-state index contributed by atoms with van der Waals surface area (Å²) in [5.41, 5.74) is 2.65. The third-order valence-corrected chi connectivity index (χ3v) is 3.69. The molecule has 5 heteroatoms. The van der Waals surface area contributed by atoms with Crippen LogP contribution in [0, 0.1) is 13.8 Å². The van der Waals surface area contributed by atoms with Gasteiger partial charge in [0.05, 0.1) is 0 Å². The van der Waals surface area contributed by atoms with E-state index < -0.39 is 0 Å². The Bertz CT molecular complexity index is 685. The Kier molecular flexibility index (Phi) is 6.73. The lowest BCUT2D eigenvalue weighted by Crippen LogP contribution is -2.24. The van der Waals surface area contributed by atoms with Crippen LogP contribution in [0.25, 0.3) is 0 Å². The molecule has 0 radical (unpaired) electrons. The van der Waals surface area contributed by atoms with Crippen LogP contribution >= 0.6 is 0 Å². The number of rotatable bonds is 8. The highest BCUT2D eigenvalue weighted by atomic mass is 16.1. The van der Waals surface area contributed by atoms with Gasteiger partial charge in [-0.15, -0.1) is 0 Å². The zero-order valence-corrected chi connectivity index (χ0v) is 14.7. The van der Waals surface area contributed by atoms with Gasteiger partial charge in [0.15, 0.2) is 0 Å². The van der Waals surface area contributed by atoms with Crippen molar-refractivity contribution in [3.05, 3.63) is 53.0 Å². The third kappa shape index (κ3) is 5.65. The number of carbonyl (C=O) groups excluding carboxylic acids is 1. The first-order valence-corrected chi connectivity index (χ1v) is 8.52. The molecule has 0 aliphatic heterocycles. The van der Waals surface area contributed by atoms with Crippen LogP contribution in [0.3, 0.4) is 0 Å². The largest absolute Gasteiger partial charge is 0.370 e. The van der Waals surface area contributed by atoms with Gasteiger partial charge >= 0.3 is 0 Å². The first-order chi connectivity index (χ1) is 11.6. The quantitative estimate of drug-likeness (QED) is 0.727. The van der Waals surface area contributed by atoms with Crippen molar-refractivity contribution in [3.63, 3.8) is 0 Å². The molecule has 2 aromatic rings. The van der Waals surface area contributed by atoms with Crippen molar-refractivity contribution in [2.75, 3.05) is 11.9 Å². The van der Waals surface area contributed by atoms with E-state index in [4.69, 9.17) is 0 Å². The molecule has 1 aromatic carbocycles. The molecule has 0 spiro atoms. The van der Waals surface area contributed by atoms with Crippen LogP contribution in [0.5, 0.6) is 0 Å². The third-order valence-electron chi connectivity index (χ3n) is 3.69. The van der Waals surface area contributed by atoms with Gasteiger partial charge < -0.3 is 10.6 Å². The van der Waals surface area contributed by atoms with E-state index in [2.05, 4.69) is 33.6 Å². The minimum Gasteiger partial charge on any atom is -0.370 e. The molecule has 0 unspecified atom stereocenters. The second-order valence-electron chi connectivity index (χ2n) is 5.99. The van der Waals surface area contributed by atoms with Crippen molar-refractivity contribution in [2.24, 2.45) is 0 Å². The molecule has 128 valence electrons.